The molecule has 112 valence electrons. The lowest BCUT2D eigenvalue weighted by Gasteiger charge is -2.20. The molecule has 0 aliphatic heterocycles. The summed E-state index contributed by atoms with van der Waals surface area (Å²) >= 11 is 0. The quantitative estimate of drug-likeness (QED) is 0.676. The van der Waals surface area contributed by atoms with Gasteiger partial charge >= 0.3 is 0 Å². The second kappa shape index (κ2) is 7.75. The third kappa shape index (κ3) is 5.48. The predicted octanol–water partition coefficient (Wildman–Crippen LogP) is 1.84. The van der Waals surface area contributed by atoms with Gasteiger partial charge in [-0.05, 0) is 50.5 Å². The molecule has 0 bridgehead atoms. The van der Waals surface area contributed by atoms with E-state index in [0.29, 0.717) is 26.1 Å². The molecule has 0 aliphatic rings. The second-order valence-electron chi connectivity index (χ2n) is 5.05. The van der Waals surface area contributed by atoms with E-state index in [9.17, 15) is 4.79 Å². The number of carbonyl (C=O) groups excluding carboxylic acids is 1. The van der Waals surface area contributed by atoms with Gasteiger partial charge in [0.15, 0.2) is 0 Å². The summed E-state index contributed by atoms with van der Waals surface area (Å²) in [6, 6.07) is 7.48. The van der Waals surface area contributed by atoms with Gasteiger partial charge in [0.2, 0.25) is 5.91 Å². The molecule has 0 saturated heterocycles. The van der Waals surface area contributed by atoms with Crippen LogP contribution < -0.4 is 20.9 Å². The molecule has 5 nitrogen and oxygen atoms in total. The summed E-state index contributed by atoms with van der Waals surface area (Å²) in [4.78, 5) is 11.1. The summed E-state index contributed by atoms with van der Waals surface area (Å²) in [6.07, 6.45) is 2.15. The molecule has 1 atom stereocenters. The Morgan fingerprint density at radius 1 is 1.15 bits per heavy atom. The van der Waals surface area contributed by atoms with Crippen LogP contribution >= 0.6 is 0 Å². The van der Waals surface area contributed by atoms with Crippen molar-refractivity contribution in [3.05, 3.63) is 24.3 Å². The molecule has 1 amide bonds. The lowest BCUT2D eigenvalue weighted by atomic mass is 9.97. The van der Waals surface area contributed by atoms with E-state index in [-0.39, 0.29) is 0 Å². The van der Waals surface area contributed by atoms with Crippen LogP contribution in [0.1, 0.15) is 33.1 Å². The predicted molar refractivity (Wildman–Crippen MR) is 78.7 cm³/mol. The number of carbonyl (C=O) groups is 1. The number of ether oxygens (including phenoxy) is 2. The second-order valence-corrected chi connectivity index (χ2v) is 5.05. The first-order chi connectivity index (χ1) is 9.45. The smallest absolute Gasteiger partial charge is 0.237 e. The molecule has 0 fully saturated rings. The zero-order chi connectivity index (χ0) is 15.0. The molecule has 0 aliphatic carbocycles. The molecule has 5 heteroatoms. The summed E-state index contributed by atoms with van der Waals surface area (Å²) in [6.45, 7) is 4.90. The summed E-state index contributed by atoms with van der Waals surface area (Å²) < 4.78 is 11.1. The van der Waals surface area contributed by atoms with Gasteiger partial charge in [0.25, 0.3) is 0 Å². The van der Waals surface area contributed by atoms with E-state index < -0.39 is 11.4 Å². The lowest BCUT2D eigenvalue weighted by molar-refractivity contribution is -0.122. The highest BCUT2D eigenvalue weighted by Crippen LogP contribution is 2.18. The number of hydrogen-bond acceptors (Lipinski definition) is 4. The molecule has 4 N–H and O–H groups in total. The van der Waals surface area contributed by atoms with Gasteiger partial charge in [-0.2, -0.15) is 0 Å². The van der Waals surface area contributed by atoms with Crippen LogP contribution in [0.2, 0.25) is 0 Å². The number of benzene rings is 1. The average molecular weight is 280 g/mol. The fourth-order valence-corrected chi connectivity index (χ4v) is 1.60. The minimum Gasteiger partial charge on any atom is -0.494 e. The van der Waals surface area contributed by atoms with Gasteiger partial charge in [-0.15, -0.1) is 0 Å². The topological polar surface area (TPSA) is 87.6 Å². The molecule has 20 heavy (non-hydrogen) atoms. The van der Waals surface area contributed by atoms with Gasteiger partial charge in [0.1, 0.15) is 11.5 Å². The Morgan fingerprint density at radius 3 is 2.10 bits per heavy atom. The fraction of sp³-hybridized carbons (Fsp3) is 0.533. The molecule has 0 aromatic heterocycles. The van der Waals surface area contributed by atoms with Gasteiger partial charge < -0.3 is 20.9 Å². The van der Waals surface area contributed by atoms with E-state index in [1.807, 2.05) is 24.3 Å². The molecule has 1 unspecified atom stereocenters. The Hall–Kier alpha value is -1.75. The summed E-state index contributed by atoms with van der Waals surface area (Å²) in [5.74, 6) is 1.11. The van der Waals surface area contributed by atoms with Gasteiger partial charge in [0, 0.05) is 0 Å². The maximum absolute atomic E-state index is 11.1. The van der Waals surface area contributed by atoms with E-state index >= 15 is 0 Å². The third-order valence-corrected chi connectivity index (χ3v) is 2.97. The van der Waals surface area contributed by atoms with Crippen LogP contribution in [0.15, 0.2) is 24.3 Å². The molecule has 0 heterocycles. The Labute approximate surface area is 120 Å². The number of primary amides is 1. The summed E-state index contributed by atoms with van der Waals surface area (Å²) in [5.41, 5.74) is 9.99. The van der Waals surface area contributed by atoms with E-state index in [4.69, 9.17) is 20.9 Å². The van der Waals surface area contributed by atoms with Crippen molar-refractivity contribution < 1.29 is 14.3 Å². The van der Waals surface area contributed by atoms with Gasteiger partial charge in [-0.25, -0.2) is 0 Å². The first-order valence-electron chi connectivity index (χ1n) is 6.90. The van der Waals surface area contributed by atoms with Crippen LogP contribution in [0.5, 0.6) is 11.5 Å². The normalized spacial score (nSPS) is 13.6. The lowest BCUT2D eigenvalue weighted by Crippen LogP contribution is -2.49. The van der Waals surface area contributed by atoms with Gasteiger partial charge in [-0.3, -0.25) is 4.79 Å². The first-order valence-corrected chi connectivity index (χ1v) is 6.90. The molecule has 0 saturated carbocycles. The molecule has 1 aromatic rings. The Morgan fingerprint density at radius 2 is 1.65 bits per heavy atom. The van der Waals surface area contributed by atoms with Crippen LogP contribution in [0, 0.1) is 0 Å². The molecule has 1 aromatic carbocycles. The minimum atomic E-state index is -0.971. The van der Waals surface area contributed by atoms with E-state index in [1.165, 1.54) is 0 Å². The Kier molecular flexibility index (Phi) is 6.31. The maximum Gasteiger partial charge on any atom is 0.237 e. The number of hydrogen-bond donors (Lipinski definition) is 2. The monoisotopic (exact) mass is 280 g/mol. The molecule has 0 radical (unpaired) electrons. The van der Waals surface area contributed by atoms with E-state index in [0.717, 1.165) is 17.9 Å². The van der Waals surface area contributed by atoms with Crippen molar-refractivity contribution in [2.75, 3.05) is 13.2 Å². The summed E-state index contributed by atoms with van der Waals surface area (Å²) in [5, 5.41) is 0. The SMILES string of the molecule is CCCOc1ccc(OCCCC(C)(N)C(N)=O)cc1. The first kappa shape index (κ1) is 16.3. The van der Waals surface area contributed by atoms with Crippen molar-refractivity contribution in [2.45, 2.75) is 38.6 Å². The Balaban J connectivity index is 2.30. The highest BCUT2D eigenvalue weighted by atomic mass is 16.5. The Bertz CT molecular complexity index is 416. The molecule has 1 rings (SSSR count). The highest BCUT2D eigenvalue weighted by Gasteiger charge is 2.24. The standard InChI is InChI=1S/C15H24N2O3/c1-3-10-19-12-5-7-13(8-6-12)20-11-4-9-15(2,17)14(16)18/h5-8H,3-4,9-11,17H2,1-2H3,(H2,16,18). The number of rotatable bonds is 9. The number of amides is 1. The average Bonchev–Trinajstić information content (AvgIpc) is 2.42. The van der Waals surface area contributed by atoms with E-state index in [2.05, 4.69) is 6.92 Å². The van der Waals surface area contributed by atoms with Crippen LogP contribution in [0.25, 0.3) is 0 Å². The zero-order valence-corrected chi connectivity index (χ0v) is 12.2. The van der Waals surface area contributed by atoms with E-state index in [1.54, 1.807) is 6.92 Å². The van der Waals surface area contributed by atoms with Gasteiger partial charge in [0.05, 0.1) is 18.8 Å². The van der Waals surface area contributed by atoms with Crippen molar-refractivity contribution in [1.82, 2.24) is 0 Å². The van der Waals surface area contributed by atoms with Crippen molar-refractivity contribution in [2.24, 2.45) is 11.5 Å². The van der Waals surface area contributed by atoms with Crippen molar-refractivity contribution in [3.8, 4) is 11.5 Å². The number of nitrogens with two attached hydrogens (primary N) is 2. The van der Waals surface area contributed by atoms with Crippen LogP contribution in [-0.4, -0.2) is 24.7 Å². The van der Waals surface area contributed by atoms with Crippen molar-refractivity contribution in [3.63, 3.8) is 0 Å². The molecular weight excluding hydrogens is 256 g/mol. The van der Waals surface area contributed by atoms with Crippen LogP contribution in [0.3, 0.4) is 0 Å². The van der Waals surface area contributed by atoms with Gasteiger partial charge in [-0.1, -0.05) is 6.92 Å². The minimum absolute atomic E-state index is 0.491. The molecule has 0 spiro atoms. The van der Waals surface area contributed by atoms with Crippen molar-refractivity contribution in [1.29, 1.82) is 0 Å². The highest BCUT2D eigenvalue weighted by molar-refractivity contribution is 5.83. The third-order valence-electron chi connectivity index (χ3n) is 2.97. The van der Waals surface area contributed by atoms with Crippen LogP contribution in [0.4, 0.5) is 0 Å². The zero-order valence-electron chi connectivity index (χ0n) is 12.2. The van der Waals surface area contributed by atoms with Crippen molar-refractivity contribution >= 4 is 5.91 Å². The summed E-state index contributed by atoms with van der Waals surface area (Å²) in [7, 11) is 0. The molecular formula is C15H24N2O3. The maximum atomic E-state index is 11.1. The fourth-order valence-electron chi connectivity index (χ4n) is 1.60. The van der Waals surface area contributed by atoms with Crippen LogP contribution in [-0.2, 0) is 4.79 Å². The largest absolute Gasteiger partial charge is 0.494 e.